The average molecular weight is 393 g/mol. The van der Waals surface area contributed by atoms with Crippen LogP contribution < -0.4 is 5.32 Å². The summed E-state index contributed by atoms with van der Waals surface area (Å²) in [6.45, 7) is 1.48. The summed E-state index contributed by atoms with van der Waals surface area (Å²) in [5, 5.41) is 3.17. The molecule has 1 atom stereocenters. The maximum Gasteiger partial charge on any atom is 0.217 e. The van der Waals surface area contributed by atoms with E-state index in [-0.39, 0.29) is 30.4 Å². The van der Waals surface area contributed by atoms with Crippen molar-refractivity contribution in [2.24, 2.45) is 0 Å². The summed E-state index contributed by atoms with van der Waals surface area (Å²) in [7, 11) is -6.65. The van der Waals surface area contributed by atoms with E-state index >= 15 is 0 Å². The van der Waals surface area contributed by atoms with E-state index in [0.717, 1.165) is 5.56 Å². The molecule has 24 heavy (non-hydrogen) atoms. The molecule has 3 rings (SSSR count). The quantitative estimate of drug-likeness (QED) is 0.835. The van der Waals surface area contributed by atoms with E-state index in [1.165, 1.54) is 4.31 Å². The fourth-order valence-electron chi connectivity index (χ4n) is 3.35. The molecule has 0 bridgehead atoms. The molecule has 0 spiro atoms. The van der Waals surface area contributed by atoms with Crippen LogP contribution in [0.15, 0.2) is 24.3 Å². The Balaban J connectivity index is 1.87. The van der Waals surface area contributed by atoms with Gasteiger partial charge in [-0.3, -0.25) is 0 Å². The van der Waals surface area contributed by atoms with Gasteiger partial charge >= 0.3 is 0 Å². The molecule has 2 aliphatic heterocycles. The highest BCUT2D eigenvalue weighted by Crippen LogP contribution is 2.31. The van der Waals surface area contributed by atoms with Gasteiger partial charge in [-0.25, -0.2) is 16.8 Å². The number of halogens is 1. The first-order valence-corrected chi connectivity index (χ1v) is 11.7. The van der Waals surface area contributed by atoms with Gasteiger partial charge in [-0.1, -0.05) is 23.7 Å². The van der Waals surface area contributed by atoms with Crippen LogP contribution in [0.25, 0.3) is 0 Å². The van der Waals surface area contributed by atoms with Gasteiger partial charge in [0.1, 0.15) is 9.84 Å². The van der Waals surface area contributed by atoms with E-state index in [2.05, 4.69) is 5.32 Å². The van der Waals surface area contributed by atoms with Crippen LogP contribution in [0.4, 0.5) is 0 Å². The highest BCUT2D eigenvalue weighted by molar-refractivity contribution is 7.92. The average Bonchev–Trinajstić information content (AvgIpc) is 2.54. The first-order valence-electron chi connectivity index (χ1n) is 7.97. The van der Waals surface area contributed by atoms with Crippen LogP contribution in [0.5, 0.6) is 0 Å². The van der Waals surface area contributed by atoms with Gasteiger partial charge in [0.15, 0.2) is 0 Å². The minimum Gasteiger partial charge on any atom is -0.313 e. The number of nitrogens with one attached hydrogen (secondary N) is 1. The number of sulfone groups is 1. The molecule has 6 nitrogen and oxygen atoms in total. The zero-order valence-electron chi connectivity index (χ0n) is 13.2. The molecule has 0 saturated carbocycles. The summed E-state index contributed by atoms with van der Waals surface area (Å²) in [6, 6.07) is 6.90. The molecule has 2 saturated heterocycles. The van der Waals surface area contributed by atoms with Crippen LogP contribution in [0, 0.1) is 0 Å². The van der Waals surface area contributed by atoms with Gasteiger partial charge in [0.25, 0.3) is 0 Å². The lowest BCUT2D eigenvalue weighted by molar-refractivity contribution is 0.267. The molecule has 2 aliphatic rings. The monoisotopic (exact) mass is 392 g/mol. The summed E-state index contributed by atoms with van der Waals surface area (Å²) in [6.07, 6.45) is 0.355. The predicted molar refractivity (Wildman–Crippen MR) is 94.4 cm³/mol. The Morgan fingerprint density at radius 3 is 2.58 bits per heavy atom. The lowest BCUT2D eigenvalue weighted by atomic mass is 10.1. The molecule has 2 fully saturated rings. The van der Waals surface area contributed by atoms with Gasteiger partial charge < -0.3 is 5.32 Å². The predicted octanol–water partition coefficient (Wildman–Crippen LogP) is 1.19. The van der Waals surface area contributed by atoms with Crippen molar-refractivity contribution in [3.63, 3.8) is 0 Å². The molecule has 9 heteroatoms. The second-order valence-electron chi connectivity index (χ2n) is 6.28. The van der Waals surface area contributed by atoms with E-state index in [1.54, 1.807) is 12.1 Å². The van der Waals surface area contributed by atoms with Crippen molar-refractivity contribution in [1.82, 2.24) is 9.62 Å². The molecular weight excluding hydrogens is 372 g/mol. The van der Waals surface area contributed by atoms with E-state index in [0.29, 0.717) is 24.7 Å². The summed E-state index contributed by atoms with van der Waals surface area (Å²) in [5.41, 5.74) is 0.849. The number of hydrogen-bond acceptors (Lipinski definition) is 5. The summed E-state index contributed by atoms with van der Waals surface area (Å²) in [4.78, 5) is 0. The van der Waals surface area contributed by atoms with Crippen molar-refractivity contribution < 1.29 is 16.8 Å². The molecule has 1 aromatic rings. The van der Waals surface area contributed by atoms with Gasteiger partial charge in [-0.2, -0.15) is 4.31 Å². The maximum atomic E-state index is 13.1. The number of benzene rings is 1. The highest BCUT2D eigenvalue weighted by Gasteiger charge is 2.40. The normalized spacial score (nSPS) is 26.3. The van der Waals surface area contributed by atoms with Crippen molar-refractivity contribution in [2.75, 3.05) is 31.1 Å². The topological polar surface area (TPSA) is 83.5 Å². The molecule has 0 amide bonds. The standard InChI is InChI=1S/C15H21ClN2O4S2/c16-13-3-1-2-12(10-13)15-11-17-6-7-18(15)24(21,22)14-4-8-23(19,20)9-5-14/h1-3,10,14-15,17H,4-9,11H2. The number of rotatable bonds is 3. The Hall–Kier alpha value is -0.670. The van der Waals surface area contributed by atoms with E-state index < -0.39 is 25.1 Å². The lowest BCUT2D eigenvalue weighted by Crippen LogP contribution is -2.52. The molecule has 1 aromatic carbocycles. The highest BCUT2D eigenvalue weighted by atomic mass is 35.5. The Labute approximate surface area is 148 Å². The minimum absolute atomic E-state index is 0.0508. The van der Waals surface area contributed by atoms with Crippen LogP contribution in [0.3, 0.4) is 0 Å². The third kappa shape index (κ3) is 3.77. The van der Waals surface area contributed by atoms with Crippen LogP contribution in [-0.2, 0) is 19.9 Å². The van der Waals surface area contributed by atoms with Crippen LogP contribution in [0.2, 0.25) is 5.02 Å². The number of sulfonamides is 1. The molecule has 1 unspecified atom stereocenters. The van der Waals surface area contributed by atoms with Gasteiger partial charge in [0.2, 0.25) is 10.0 Å². The first kappa shape index (κ1) is 18.1. The van der Waals surface area contributed by atoms with Crippen LogP contribution >= 0.6 is 11.6 Å². The second kappa shape index (κ2) is 6.92. The second-order valence-corrected chi connectivity index (χ2v) is 11.2. The van der Waals surface area contributed by atoms with Crippen LogP contribution in [0.1, 0.15) is 24.4 Å². The van der Waals surface area contributed by atoms with Crippen molar-refractivity contribution in [2.45, 2.75) is 24.1 Å². The number of piperazine rings is 1. The molecule has 0 aliphatic carbocycles. The molecule has 134 valence electrons. The summed E-state index contributed by atoms with van der Waals surface area (Å²) >= 11 is 6.05. The first-order chi connectivity index (χ1) is 11.3. The smallest absolute Gasteiger partial charge is 0.217 e. The van der Waals surface area contributed by atoms with Crippen molar-refractivity contribution in [3.05, 3.63) is 34.9 Å². The summed E-state index contributed by atoms with van der Waals surface area (Å²) in [5.74, 6) is -0.102. The number of nitrogens with zero attached hydrogens (tertiary/aromatic N) is 1. The third-order valence-corrected chi connectivity index (χ3v) is 9.03. The van der Waals surface area contributed by atoms with Gasteiger partial charge in [0, 0.05) is 24.7 Å². The van der Waals surface area contributed by atoms with Crippen molar-refractivity contribution >= 4 is 31.5 Å². The minimum atomic E-state index is -3.56. The Kier molecular flexibility index (Phi) is 5.22. The summed E-state index contributed by atoms with van der Waals surface area (Å²) < 4.78 is 50.9. The zero-order chi connectivity index (χ0) is 17.4. The fraction of sp³-hybridized carbons (Fsp3) is 0.600. The van der Waals surface area contributed by atoms with E-state index in [9.17, 15) is 16.8 Å². The van der Waals surface area contributed by atoms with Gasteiger partial charge in [-0.15, -0.1) is 0 Å². The zero-order valence-corrected chi connectivity index (χ0v) is 15.6. The number of hydrogen-bond donors (Lipinski definition) is 1. The van der Waals surface area contributed by atoms with E-state index in [1.807, 2.05) is 12.1 Å². The molecule has 0 radical (unpaired) electrons. The lowest BCUT2D eigenvalue weighted by Gasteiger charge is -2.38. The van der Waals surface area contributed by atoms with Gasteiger partial charge in [0.05, 0.1) is 22.8 Å². The van der Waals surface area contributed by atoms with E-state index in [4.69, 9.17) is 11.6 Å². The Morgan fingerprint density at radius 2 is 1.92 bits per heavy atom. The van der Waals surface area contributed by atoms with Crippen molar-refractivity contribution in [1.29, 1.82) is 0 Å². The Morgan fingerprint density at radius 1 is 1.21 bits per heavy atom. The Bertz CT molecular complexity index is 797. The molecule has 1 N–H and O–H groups in total. The SMILES string of the molecule is O=S1(=O)CCC(S(=O)(=O)N2CCNCC2c2cccc(Cl)c2)CC1. The molecule has 0 aromatic heterocycles. The van der Waals surface area contributed by atoms with Crippen LogP contribution in [-0.4, -0.2) is 57.5 Å². The fourth-order valence-corrected chi connectivity index (χ4v) is 7.45. The maximum absolute atomic E-state index is 13.1. The molecular formula is C15H21ClN2O4S2. The van der Waals surface area contributed by atoms with Crippen molar-refractivity contribution in [3.8, 4) is 0 Å². The largest absolute Gasteiger partial charge is 0.313 e. The van der Waals surface area contributed by atoms with Gasteiger partial charge in [-0.05, 0) is 30.5 Å². The third-order valence-electron chi connectivity index (χ3n) is 4.68. The molecule has 2 heterocycles.